The number of para-hydroxylation sites is 1. The Morgan fingerprint density at radius 3 is 2.50 bits per heavy atom. The molecule has 2 amide bonds. The number of rotatable bonds is 4. The lowest BCUT2D eigenvalue weighted by Gasteiger charge is -2.31. The third-order valence-electron chi connectivity index (χ3n) is 5.51. The zero-order valence-electron chi connectivity index (χ0n) is 17.2. The maximum atomic E-state index is 13.1. The van der Waals surface area contributed by atoms with Crippen molar-refractivity contribution in [3.05, 3.63) is 62.7 Å². The van der Waals surface area contributed by atoms with E-state index < -0.39 is 0 Å². The Morgan fingerprint density at radius 1 is 1.10 bits per heavy atom. The van der Waals surface area contributed by atoms with Gasteiger partial charge in [-0.25, -0.2) is 0 Å². The molecule has 0 bridgehead atoms. The summed E-state index contributed by atoms with van der Waals surface area (Å²) in [7, 11) is 1.87. The average Bonchev–Trinajstić information content (AvgIpc) is 2.75. The first-order valence-electron chi connectivity index (χ1n) is 10.1. The fraction of sp³-hybridized carbons (Fsp3) is 0.348. The standard InChI is InChI=1S/C23H26IN3O2S/c1-15-12-13-16(14-19(15)24)21(28)26-23(30)25-20-11-7-6-10-18(20)22(29)27(2)17-8-4-3-5-9-17/h6-7,10-14,17H,3-5,8-9H2,1-2H3,(H2,25,26,28,30). The Morgan fingerprint density at radius 2 is 1.80 bits per heavy atom. The van der Waals surface area contributed by atoms with E-state index in [1.807, 2.05) is 43.1 Å². The zero-order chi connectivity index (χ0) is 21.7. The van der Waals surface area contributed by atoms with Crippen LogP contribution in [0.1, 0.15) is 58.4 Å². The molecule has 0 spiro atoms. The lowest BCUT2D eigenvalue weighted by atomic mass is 9.94. The lowest BCUT2D eigenvalue weighted by Crippen LogP contribution is -2.39. The molecule has 158 valence electrons. The number of nitrogens with zero attached hydrogens (tertiary/aromatic N) is 1. The first-order valence-corrected chi connectivity index (χ1v) is 11.6. The molecule has 2 N–H and O–H groups in total. The Balaban J connectivity index is 1.69. The van der Waals surface area contributed by atoms with Gasteiger partial charge in [0.25, 0.3) is 11.8 Å². The molecule has 2 aromatic rings. The van der Waals surface area contributed by atoms with E-state index in [-0.39, 0.29) is 23.0 Å². The molecule has 0 unspecified atom stereocenters. The van der Waals surface area contributed by atoms with Crippen LogP contribution in [0.15, 0.2) is 42.5 Å². The third-order valence-corrected chi connectivity index (χ3v) is 6.88. The fourth-order valence-corrected chi connectivity index (χ4v) is 4.38. The second-order valence-corrected chi connectivity index (χ2v) is 9.20. The van der Waals surface area contributed by atoms with Gasteiger partial charge >= 0.3 is 0 Å². The molecule has 0 radical (unpaired) electrons. The Bertz CT molecular complexity index is 957. The molecule has 30 heavy (non-hydrogen) atoms. The predicted molar refractivity (Wildman–Crippen MR) is 133 cm³/mol. The Kier molecular flexibility index (Phi) is 7.82. The van der Waals surface area contributed by atoms with Crippen molar-refractivity contribution in [2.45, 2.75) is 45.1 Å². The highest BCUT2D eigenvalue weighted by Gasteiger charge is 2.24. The number of hydrogen-bond donors (Lipinski definition) is 2. The van der Waals surface area contributed by atoms with Gasteiger partial charge in [0.05, 0.1) is 11.3 Å². The van der Waals surface area contributed by atoms with E-state index in [9.17, 15) is 9.59 Å². The first kappa shape index (κ1) is 22.7. The van der Waals surface area contributed by atoms with E-state index in [0.29, 0.717) is 16.8 Å². The quantitative estimate of drug-likeness (QED) is 0.421. The van der Waals surface area contributed by atoms with Crippen LogP contribution in [-0.4, -0.2) is 34.9 Å². The zero-order valence-corrected chi connectivity index (χ0v) is 20.2. The van der Waals surface area contributed by atoms with E-state index in [1.54, 1.807) is 18.2 Å². The van der Waals surface area contributed by atoms with E-state index in [2.05, 4.69) is 33.2 Å². The molecule has 7 heteroatoms. The van der Waals surface area contributed by atoms with Gasteiger partial charge in [0.2, 0.25) is 0 Å². The van der Waals surface area contributed by atoms with E-state index in [4.69, 9.17) is 12.2 Å². The number of benzene rings is 2. The normalized spacial score (nSPS) is 14.1. The number of nitrogens with one attached hydrogen (secondary N) is 2. The largest absolute Gasteiger partial charge is 0.339 e. The van der Waals surface area contributed by atoms with Crippen molar-refractivity contribution < 1.29 is 9.59 Å². The summed E-state index contributed by atoms with van der Waals surface area (Å²) in [5, 5.41) is 5.89. The number of carbonyl (C=O) groups is 2. The minimum Gasteiger partial charge on any atom is -0.339 e. The summed E-state index contributed by atoms with van der Waals surface area (Å²) in [6.45, 7) is 1.99. The van der Waals surface area contributed by atoms with Crippen LogP contribution in [0.25, 0.3) is 0 Å². The van der Waals surface area contributed by atoms with Crippen molar-refractivity contribution in [1.29, 1.82) is 0 Å². The van der Waals surface area contributed by atoms with Crippen LogP contribution in [-0.2, 0) is 0 Å². The van der Waals surface area contributed by atoms with Gasteiger partial charge in [-0.2, -0.15) is 0 Å². The minimum absolute atomic E-state index is 0.0350. The number of amides is 2. The highest BCUT2D eigenvalue weighted by molar-refractivity contribution is 14.1. The molecule has 1 aliphatic carbocycles. The first-order chi connectivity index (χ1) is 14.4. The molecule has 0 aromatic heterocycles. The second kappa shape index (κ2) is 10.3. The molecule has 0 saturated heterocycles. The summed E-state index contributed by atoms with van der Waals surface area (Å²) in [5.41, 5.74) is 2.79. The van der Waals surface area contributed by atoms with E-state index in [1.165, 1.54) is 6.42 Å². The Labute approximate surface area is 196 Å². The van der Waals surface area contributed by atoms with Gasteiger partial charge in [-0.3, -0.25) is 14.9 Å². The Hall–Kier alpha value is -2.00. The van der Waals surface area contributed by atoms with Crippen molar-refractivity contribution in [2.24, 2.45) is 0 Å². The van der Waals surface area contributed by atoms with Crippen LogP contribution in [0.2, 0.25) is 0 Å². The lowest BCUT2D eigenvalue weighted by molar-refractivity contribution is 0.0697. The van der Waals surface area contributed by atoms with Gasteiger partial charge in [0, 0.05) is 22.2 Å². The molecule has 3 rings (SSSR count). The third kappa shape index (κ3) is 5.57. The molecule has 1 fully saturated rings. The number of anilines is 1. The molecule has 0 atom stereocenters. The summed E-state index contributed by atoms with van der Waals surface area (Å²) in [6.07, 6.45) is 5.65. The maximum absolute atomic E-state index is 13.1. The van der Waals surface area contributed by atoms with Gasteiger partial charge in [-0.15, -0.1) is 0 Å². The van der Waals surface area contributed by atoms with Crippen LogP contribution < -0.4 is 10.6 Å². The number of carbonyl (C=O) groups excluding carboxylic acids is 2. The number of thiocarbonyl (C=S) groups is 1. The maximum Gasteiger partial charge on any atom is 0.257 e. The van der Waals surface area contributed by atoms with Crippen LogP contribution >= 0.6 is 34.8 Å². The molecule has 2 aromatic carbocycles. The van der Waals surface area contributed by atoms with Gasteiger partial charge in [-0.05, 0) is 84.4 Å². The fourth-order valence-electron chi connectivity index (χ4n) is 3.67. The summed E-state index contributed by atoms with van der Waals surface area (Å²) >= 11 is 7.54. The van der Waals surface area contributed by atoms with Crippen LogP contribution in [0.3, 0.4) is 0 Å². The smallest absolute Gasteiger partial charge is 0.257 e. The average molecular weight is 535 g/mol. The molecule has 0 aliphatic heterocycles. The molecular weight excluding hydrogens is 509 g/mol. The van der Waals surface area contributed by atoms with Gasteiger partial charge in [0.15, 0.2) is 5.11 Å². The highest BCUT2D eigenvalue weighted by atomic mass is 127. The molecule has 0 heterocycles. The van der Waals surface area contributed by atoms with E-state index in [0.717, 1.165) is 34.8 Å². The summed E-state index contributed by atoms with van der Waals surface area (Å²) < 4.78 is 1.01. The molecule has 1 saturated carbocycles. The topological polar surface area (TPSA) is 61.4 Å². The van der Waals surface area contributed by atoms with Crippen LogP contribution in [0.5, 0.6) is 0 Å². The van der Waals surface area contributed by atoms with Crippen LogP contribution in [0, 0.1) is 10.5 Å². The number of hydrogen-bond acceptors (Lipinski definition) is 3. The molecular formula is C23H26IN3O2S. The SMILES string of the molecule is Cc1ccc(C(=O)NC(=S)Nc2ccccc2C(=O)N(C)C2CCCCC2)cc1I. The predicted octanol–water partition coefficient (Wildman–Crippen LogP) is 5.13. The summed E-state index contributed by atoms with van der Waals surface area (Å²) in [5.74, 6) is -0.319. The summed E-state index contributed by atoms with van der Waals surface area (Å²) in [4.78, 5) is 27.5. The van der Waals surface area contributed by atoms with E-state index >= 15 is 0 Å². The minimum atomic E-state index is -0.284. The second-order valence-electron chi connectivity index (χ2n) is 7.63. The molecule has 5 nitrogen and oxygen atoms in total. The van der Waals surface area contributed by atoms with Crippen molar-refractivity contribution >= 4 is 57.4 Å². The van der Waals surface area contributed by atoms with Crippen molar-refractivity contribution in [3.8, 4) is 0 Å². The number of aryl methyl sites for hydroxylation is 1. The van der Waals surface area contributed by atoms with Gasteiger partial charge in [-0.1, -0.05) is 37.5 Å². The van der Waals surface area contributed by atoms with Gasteiger partial charge < -0.3 is 10.2 Å². The van der Waals surface area contributed by atoms with Crippen molar-refractivity contribution in [1.82, 2.24) is 10.2 Å². The monoisotopic (exact) mass is 535 g/mol. The van der Waals surface area contributed by atoms with Crippen molar-refractivity contribution in [3.63, 3.8) is 0 Å². The van der Waals surface area contributed by atoms with Crippen LogP contribution in [0.4, 0.5) is 5.69 Å². The highest BCUT2D eigenvalue weighted by Crippen LogP contribution is 2.25. The molecule has 1 aliphatic rings. The van der Waals surface area contributed by atoms with Gasteiger partial charge in [0.1, 0.15) is 0 Å². The summed E-state index contributed by atoms with van der Waals surface area (Å²) in [6, 6.07) is 13.0. The number of halogens is 1. The van der Waals surface area contributed by atoms with Crippen molar-refractivity contribution in [2.75, 3.05) is 12.4 Å².